The number of fused-ring (bicyclic) bond motifs is 2. The highest BCUT2D eigenvalue weighted by Crippen LogP contribution is 2.28. The lowest BCUT2D eigenvalue weighted by Gasteiger charge is -2.13. The van der Waals surface area contributed by atoms with Crippen LogP contribution in [0.3, 0.4) is 0 Å². The number of carbonyl (C=O) groups is 4. The van der Waals surface area contributed by atoms with Crippen LogP contribution in [0.25, 0.3) is 36.5 Å². The maximum absolute atomic E-state index is 12.9. The zero-order valence-corrected chi connectivity index (χ0v) is 54.4. The number of nitrogens with two attached hydrogens (primary N) is 1. The number of benzene rings is 8. The standard InChI is InChI=1S/C26H23NO3S.C26H23NO2S.C18H21NOS.C2H3N.CH4O.H2N2.H2O.H2/c1-18-7-5-8-19(2)22(18)14-13-20-9-6-10-21(17-20)31(30)16-15-27-25(28)23-11-3-4-12-24(23)26(27)29;1-18-7-5-8-19(2)22(18)14-13-20-9-6-10-21(17-20)30-16-15-27-25(28)23-11-3-4-12-24(23)26(27)29;1-14-5-3-6-15(2)18(14)10-9-16-7-4-8-17(13-16)21(20)12-11-19;1-2-3;2*1-2;;/h3-14,17H,15-16H2,1-2H3;3-14,17H,15-16H2,1-2H3;3-10,13H,11-12,19H2,1-2H3;1H3;2H,1H3;1-2H;1H2;1H/b2*14-13+;10-9+;;;;;. The Kier molecular flexibility index (Phi) is 30.7. The van der Waals surface area contributed by atoms with Crippen molar-refractivity contribution in [3.05, 3.63) is 265 Å². The van der Waals surface area contributed by atoms with Crippen LogP contribution in [0.5, 0.6) is 0 Å². The topological polar surface area (TPSA) is 258 Å². The zero-order valence-electron chi connectivity index (χ0n) is 52.0. The van der Waals surface area contributed by atoms with Gasteiger partial charge in [0, 0.05) is 67.0 Å². The summed E-state index contributed by atoms with van der Waals surface area (Å²) in [6.07, 6.45) is 12.6. The molecule has 8 aromatic rings. The number of hydrogen-bond donors (Lipinski definition) is 4. The average Bonchev–Trinajstić information content (AvgIpc) is 1.67. The van der Waals surface area contributed by atoms with E-state index < -0.39 is 21.6 Å². The molecule has 7 N–H and O–H groups in total. The van der Waals surface area contributed by atoms with E-state index in [9.17, 15) is 27.6 Å². The Balaban J connectivity index is 0.000000341. The average molecular weight is 1270 g/mol. The number of imide groups is 2. The van der Waals surface area contributed by atoms with Crippen molar-refractivity contribution in [2.45, 2.75) is 63.2 Å². The maximum atomic E-state index is 12.9. The van der Waals surface area contributed by atoms with E-state index >= 15 is 0 Å². The van der Waals surface area contributed by atoms with Gasteiger partial charge in [0.1, 0.15) is 0 Å². The number of aliphatic hydroxyl groups excluding tert-OH is 1. The summed E-state index contributed by atoms with van der Waals surface area (Å²) >= 11 is 1.65. The van der Waals surface area contributed by atoms with Gasteiger partial charge in [-0.3, -0.25) is 37.4 Å². The van der Waals surface area contributed by atoms with E-state index in [-0.39, 0.29) is 42.8 Å². The molecule has 0 bridgehead atoms. The van der Waals surface area contributed by atoms with Gasteiger partial charge in [0.15, 0.2) is 0 Å². The monoisotopic (exact) mass is 1260 g/mol. The van der Waals surface area contributed by atoms with E-state index in [0.717, 1.165) is 33.6 Å². The molecule has 8 aromatic carbocycles. The highest BCUT2D eigenvalue weighted by atomic mass is 32.2. The van der Waals surface area contributed by atoms with Crippen molar-refractivity contribution >= 4 is 93.4 Å². The molecule has 2 unspecified atom stereocenters. The van der Waals surface area contributed by atoms with Crippen LogP contribution < -0.4 is 5.73 Å². The molecule has 2 aliphatic heterocycles. The molecule has 0 spiro atoms. The molecule has 10 rings (SSSR count). The Morgan fingerprint density at radius 3 is 1.12 bits per heavy atom. The maximum Gasteiger partial charge on any atom is 0.261 e. The van der Waals surface area contributed by atoms with Gasteiger partial charge in [-0.2, -0.15) is 5.26 Å². The first kappa shape index (κ1) is 73.4. The first-order valence-corrected chi connectivity index (χ1v) is 32.2. The number of nitrogens with zero attached hydrogens (tertiary/aromatic N) is 3. The number of carbonyl (C=O) groups excluding carboxylic acids is 4. The van der Waals surface area contributed by atoms with E-state index in [1.807, 2.05) is 66.7 Å². The number of nitrogens with one attached hydrogen (secondary N) is 2. The van der Waals surface area contributed by atoms with Crippen LogP contribution in [0.2, 0.25) is 0 Å². The second-order valence-electron chi connectivity index (χ2n) is 20.2. The largest absolute Gasteiger partial charge is 0.412 e. The van der Waals surface area contributed by atoms with Gasteiger partial charge < -0.3 is 16.3 Å². The molecule has 0 saturated carbocycles. The Bertz CT molecular complexity index is 3840. The molecule has 17 heteroatoms. The lowest BCUT2D eigenvalue weighted by Crippen LogP contribution is -2.33. The van der Waals surface area contributed by atoms with Crippen molar-refractivity contribution in [3.63, 3.8) is 0 Å². The molecule has 0 fully saturated rings. The fourth-order valence-electron chi connectivity index (χ4n) is 9.69. The van der Waals surface area contributed by atoms with Crippen LogP contribution in [0.15, 0.2) is 191 Å². The van der Waals surface area contributed by atoms with Gasteiger partial charge in [-0.05, 0) is 169 Å². The minimum Gasteiger partial charge on any atom is -0.412 e. The molecule has 468 valence electrons. The summed E-state index contributed by atoms with van der Waals surface area (Å²) in [6.45, 7) is 15.0. The Morgan fingerprint density at radius 2 is 0.778 bits per heavy atom. The number of rotatable bonds is 17. The van der Waals surface area contributed by atoms with Crippen molar-refractivity contribution in [1.29, 1.82) is 16.3 Å². The van der Waals surface area contributed by atoms with Crippen molar-refractivity contribution in [1.82, 2.24) is 9.80 Å². The number of amides is 4. The van der Waals surface area contributed by atoms with Crippen LogP contribution in [0.1, 0.15) is 117 Å². The molecule has 4 amide bonds. The van der Waals surface area contributed by atoms with Crippen molar-refractivity contribution < 1.29 is 39.6 Å². The predicted octanol–water partition coefficient (Wildman–Crippen LogP) is 14.4. The molecule has 2 aliphatic rings. The minimum absolute atomic E-state index is 0. The van der Waals surface area contributed by atoms with E-state index in [1.165, 1.54) is 66.8 Å². The molecular formula is C73H80N6O8S3. The van der Waals surface area contributed by atoms with Crippen LogP contribution in [0, 0.1) is 63.9 Å². The van der Waals surface area contributed by atoms with Gasteiger partial charge in [0.25, 0.3) is 23.6 Å². The number of hydrogen-bond acceptors (Lipinski definition) is 12. The predicted molar refractivity (Wildman–Crippen MR) is 370 cm³/mol. The second-order valence-corrected chi connectivity index (χ2v) is 24.5. The third-order valence-corrected chi connectivity index (χ3v) is 17.9. The molecular weight excluding hydrogens is 1190 g/mol. The van der Waals surface area contributed by atoms with Gasteiger partial charge in [-0.1, -0.05) is 152 Å². The molecule has 0 aliphatic carbocycles. The molecule has 0 radical (unpaired) electrons. The Hall–Kier alpha value is -9.12. The first-order valence-electron chi connectivity index (χ1n) is 28.6. The SMILES string of the molecule is CC#N.CO.Cc1cccc(C)c1/C=C/c1cccc(S(=O)CCN)c1.Cc1cccc(C)c1/C=C/c1cccc(S(=O)CCN2C(=O)c3ccccc3C2=O)c1.Cc1cccc(C)c1/C=C/c1cccc(SCCN2C(=O)c3ccccc3C2=O)c1.N=N.O.[HH]. The number of nitriles is 1. The highest BCUT2D eigenvalue weighted by molar-refractivity contribution is 7.99. The Morgan fingerprint density at radius 1 is 0.478 bits per heavy atom. The fourth-order valence-corrected chi connectivity index (χ4v) is 12.6. The summed E-state index contributed by atoms with van der Waals surface area (Å²) in [5.41, 5.74) is 31.6. The van der Waals surface area contributed by atoms with E-state index in [0.29, 0.717) is 51.7 Å². The molecule has 90 heavy (non-hydrogen) atoms. The van der Waals surface area contributed by atoms with Crippen LogP contribution >= 0.6 is 11.8 Å². The molecule has 0 saturated heterocycles. The quantitative estimate of drug-likeness (QED) is 0.0290. The summed E-state index contributed by atoms with van der Waals surface area (Å²) < 4.78 is 24.8. The van der Waals surface area contributed by atoms with Crippen LogP contribution in [-0.4, -0.2) is 96.4 Å². The van der Waals surface area contributed by atoms with Crippen molar-refractivity contribution in [2.75, 3.05) is 44.0 Å². The van der Waals surface area contributed by atoms with Gasteiger partial charge in [-0.15, -0.1) is 11.8 Å². The zero-order chi connectivity index (χ0) is 65.0. The molecule has 2 atom stereocenters. The van der Waals surface area contributed by atoms with Gasteiger partial charge in [-0.25, -0.2) is 11.1 Å². The smallest absolute Gasteiger partial charge is 0.261 e. The molecule has 2 heterocycles. The molecule has 0 aromatic heterocycles. The third-order valence-electron chi connectivity index (χ3n) is 14.2. The summed E-state index contributed by atoms with van der Waals surface area (Å²) in [4.78, 5) is 55.1. The highest BCUT2D eigenvalue weighted by Gasteiger charge is 2.36. The second kappa shape index (κ2) is 37.7. The number of thioether (sulfide) groups is 1. The van der Waals surface area contributed by atoms with E-state index in [1.54, 1.807) is 66.4 Å². The summed E-state index contributed by atoms with van der Waals surface area (Å²) in [5, 5.41) is 14.3. The van der Waals surface area contributed by atoms with Crippen LogP contribution in [-0.2, 0) is 21.6 Å². The van der Waals surface area contributed by atoms with Crippen molar-refractivity contribution in [3.8, 4) is 6.07 Å². The van der Waals surface area contributed by atoms with Crippen molar-refractivity contribution in [2.24, 2.45) is 5.73 Å². The Labute approximate surface area is 539 Å². The number of aryl methyl sites for hydroxylation is 6. The molecule has 14 nitrogen and oxygen atoms in total. The van der Waals surface area contributed by atoms with Crippen LogP contribution in [0.4, 0.5) is 0 Å². The first-order chi connectivity index (χ1) is 43.0. The normalized spacial score (nSPS) is 12.5. The minimum atomic E-state index is -1.32. The summed E-state index contributed by atoms with van der Waals surface area (Å²) in [7, 11) is -1.33. The van der Waals surface area contributed by atoms with Gasteiger partial charge >= 0.3 is 0 Å². The fraction of sp³-hybridized carbons (Fsp3) is 0.192. The summed E-state index contributed by atoms with van der Waals surface area (Å²) in [6, 6.07) is 58.0. The van der Waals surface area contributed by atoms with E-state index in [4.69, 9.17) is 27.2 Å². The third kappa shape index (κ3) is 20.2. The lowest BCUT2D eigenvalue weighted by molar-refractivity contribution is 0.0648. The lowest BCUT2D eigenvalue weighted by atomic mass is 10.0. The van der Waals surface area contributed by atoms with Gasteiger partial charge in [0.05, 0.1) is 49.9 Å². The van der Waals surface area contributed by atoms with Gasteiger partial charge in [0.2, 0.25) is 0 Å². The number of aliphatic hydroxyl groups is 1. The summed E-state index contributed by atoms with van der Waals surface area (Å²) in [5.74, 6) is 0.350. The van der Waals surface area contributed by atoms with E-state index in [2.05, 4.69) is 139 Å².